The maximum atomic E-state index is 13.1. The van der Waals surface area contributed by atoms with Crippen molar-refractivity contribution >= 4 is 51.3 Å². The first-order chi connectivity index (χ1) is 13.8. The summed E-state index contributed by atoms with van der Waals surface area (Å²) in [6.07, 6.45) is 0. The smallest absolute Gasteiger partial charge is 0.289 e. The third kappa shape index (κ3) is 3.45. The van der Waals surface area contributed by atoms with E-state index < -0.39 is 10.8 Å². The van der Waals surface area contributed by atoms with Crippen LogP contribution in [0.15, 0.2) is 41.8 Å². The number of pyridine rings is 1. The van der Waals surface area contributed by atoms with E-state index in [1.54, 1.807) is 24.7 Å². The summed E-state index contributed by atoms with van der Waals surface area (Å²) in [6, 6.07) is 9.67. The van der Waals surface area contributed by atoms with Crippen molar-refractivity contribution in [3.63, 3.8) is 0 Å². The number of fused-ring (bicyclic) bond motifs is 1. The molecule has 0 saturated heterocycles. The molecule has 0 saturated carbocycles. The van der Waals surface area contributed by atoms with Crippen LogP contribution in [0.5, 0.6) is 0 Å². The van der Waals surface area contributed by atoms with E-state index >= 15 is 0 Å². The molecule has 4 rings (SSSR count). The first kappa shape index (κ1) is 19.0. The molecule has 1 N–H and O–H groups in total. The molecule has 10 heteroatoms. The molecule has 4 aromatic rings. The largest absolute Gasteiger partial charge is 0.322 e. The number of anilines is 1. The SMILES string of the molecule is Cc1nn(C)c2nc(-c3cccs3)cc(C(=O)Nc3ccc(Cl)c([N+](=O)[O-])c3)c12. The van der Waals surface area contributed by atoms with Gasteiger partial charge in [-0.2, -0.15) is 5.10 Å². The zero-order valence-corrected chi connectivity index (χ0v) is 16.9. The summed E-state index contributed by atoms with van der Waals surface area (Å²) in [6.45, 7) is 1.80. The van der Waals surface area contributed by atoms with Crippen LogP contribution in [-0.4, -0.2) is 25.6 Å². The highest BCUT2D eigenvalue weighted by Gasteiger charge is 2.21. The van der Waals surface area contributed by atoms with Crippen LogP contribution in [0.2, 0.25) is 5.02 Å². The van der Waals surface area contributed by atoms with Gasteiger partial charge in [-0.1, -0.05) is 17.7 Å². The van der Waals surface area contributed by atoms with Gasteiger partial charge in [0, 0.05) is 18.8 Å². The summed E-state index contributed by atoms with van der Waals surface area (Å²) in [4.78, 5) is 29.2. The van der Waals surface area contributed by atoms with Crippen LogP contribution in [0, 0.1) is 17.0 Å². The summed E-state index contributed by atoms with van der Waals surface area (Å²) >= 11 is 7.37. The van der Waals surface area contributed by atoms with Crippen molar-refractivity contribution < 1.29 is 9.72 Å². The lowest BCUT2D eigenvalue weighted by Crippen LogP contribution is -2.13. The average Bonchev–Trinajstić information content (AvgIpc) is 3.31. The lowest BCUT2D eigenvalue weighted by atomic mass is 10.1. The molecular weight excluding hydrogens is 414 g/mol. The first-order valence-electron chi connectivity index (χ1n) is 8.48. The zero-order valence-electron chi connectivity index (χ0n) is 15.3. The van der Waals surface area contributed by atoms with Crippen LogP contribution in [-0.2, 0) is 7.05 Å². The van der Waals surface area contributed by atoms with Gasteiger partial charge in [0.25, 0.3) is 11.6 Å². The van der Waals surface area contributed by atoms with Crippen molar-refractivity contribution in [1.82, 2.24) is 14.8 Å². The van der Waals surface area contributed by atoms with E-state index in [4.69, 9.17) is 11.6 Å². The molecule has 3 aromatic heterocycles. The normalized spacial score (nSPS) is 11.0. The molecule has 8 nitrogen and oxygen atoms in total. The predicted octanol–water partition coefficient (Wildman–Crippen LogP) is 4.82. The molecule has 0 aliphatic carbocycles. The maximum Gasteiger partial charge on any atom is 0.289 e. The minimum absolute atomic E-state index is 0.00221. The molecule has 0 aliphatic rings. The van der Waals surface area contributed by atoms with Gasteiger partial charge < -0.3 is 5.32 Å². The molecule has 0 spiro atoms. The minimum atomic E-state index is -0.594. The fourth-order valence-electron chi connectivity index (χ4n) is 3.10. The van der Waals surface area contributed by atoms with Gasteiger partial charge in [0.05, 0.1) is 32.1 Å². The lowest BCUT2D eigenvalue weighted by Gasteiger charge is -2.09. The van der Waals surface area contributed by atoms with Crippen molar-refractivity contribution in [1.29, 1.82) is 0 Å². The zero-order chi connectivity index (χ0) is 20.7. The average molecular weight is 428 g/mol. The minimum Gasteiger partial charge on any atom is -0.322 e. The number of nitro groups is 1. The highest BCUT2D eigenvalue weighted by atomic mass is 35.5. The highest BCUT2D eigenvalue weighted by Crippen LogP contribution is 2.31. The molecule has 0 radical (unpaired) electrons. The number of aryl methyl sites for hydroxylation is 2. The predicted molar refractivity (Wildman–Crippen MR) is 113 cm³/mol. The van der Waals surface area contributed by atoms with E-state index in [0.717, 1.165) is 4.88 Å². The van der Waals surface area contributed by atoms with Crippen LogP contribution in [0.3, 0.4) is 0 Å². The van der Waals surface area contributed by atoms with Crippen LogP contribution >= 0.6 is 22.9 Å². The number of amides is 1. The number of nitro benzene ring substituents is 1. The Kier molecular flexibility index (Phi) is 4.77. The number of halogens is 1. The summed E-state index contributed by atoms with van der Waals surface area (Å²) in [7, 11) is 1.77. The van der Waals surface area contributed by atoms with Crippen LogP contribution in [0.1, 0.15) is 16.1 Å². The molecule has 29 heavy (non-hydrogen) atoms. The number of nitrogens with zero attached hydrogens (tertiary/aromatic N) is 4. The number of nitrogens with one attached hydrogen (secondary N) is 1. The van der Waals surface area contributed by atoms with Gasteiger partial charge in [0.15, 0.2) is 5.65 Å². The number of aromatic nitrogens is 3. The summed E-state index contributed by atoms with van der Waals surface area (Å²) in [5, 5.41) is 20.8. The molecule has 0 atom stereocenters. The molecule has 146 valence electrons. The second kappa shape index (κ2) is 7.26. The van der Waals surface area contributed by atoms with Gasteiger partial charge in [-0.15, -0.1) is 11.3 Å². The van der Waals surface area contributed by atoms with Crippen molar-refractivity contribution in [2.75, 3.05) is 5.32 Å². The molecular formula is C19H14ClN5O3S. The monoisotopic (exact) mass is 427 g/mol. The Morgan fingerprint density at radius 3 is 2.79 bits per heavy atom. The molecule has 0 aliphatic heterocycles. The number of carbonyl (C=O) groups is 1. The second-order valence-corrected chi connectivity index (χ2v) is 7.67. The number of rotatable bonds is 4. The number of hydrogen-bond donors (Lipinski definition) is 1. The Morgan fingerprint density at radius 2 is 2.10 bits per heavy atom. The lowest BCUT2D eigenvalue weighted by molar-refractivity contribution is -0.384. The van der Waals surface area contributed by atoms with Crippen molar-refractivity contribution in [2.45, 2.75) is 6.92 Å². The van der Waals surface area contributed by atoms with E-state index in [0.29, 0.717) is 28.0 Å². The second-order valence-electron chi connectivity index (χ2n) is 6.32. The fourth-order valence-corrected chi connectivity index (χ4v) is 3.98. The van der Waals surface area contributed by atoms with E-state index in [9.17, 15) is 14.9 Å². The van der Waals surface area contributed by atoms with Gasteiger partial charge in [0.1, 0.15) is 5.02 Å². The maximum absolute atomic E-state index is 13.1. The van der Waals surface area contributed by atoms with Gasteiger partial charge in [-0.05, 0) is 36.6 Å². The molecule has 3 heterocycles. The Balaban J connectivity index is 1.81. The Morgan fingerprint density at radius 1 is 1.31 bits per heavy atom. The number of thiophene rings is 1. The standard InChI is InChI=1S/C19H14ClN5O3S/c1-10-17-12(19(26)21-11-5-6-13(20)15(8-11)25(27)28)9-14(16-4-3-7-29-16)22-18(17)24(2)23-10/h3-9H,1-2H3,(H,21,26). The van der Waals surface area contributed by atoms with Gasteiger partial charge in [-0.3, -0.25) is 19.6 Å². The van der Waals surface area contributed by atoms with E-state index in [1.807, 2.05) is 17.5 Å². The van der Waals surface area contributed by atoms with Crippen molar-refractivity contribution in [2.24, 2.45) is 7.05 Å². The Bertz CT molecular complexity index is 1270. The third-order valence-corrected chi connectivity index (χ3v) is 5.60. The quantitative estimate of drug-likeness (QED) is 0.371. The summed E-state index contributed by atoms with van der Waals surface area (Å²) < 4.78 is 1.63. The Labute approximate surface area is 173 Å². The number of carbonyl (C=O) groups excluding carboxylic acids is 1. The molecule has 0 unspecified atom stereocenters. The van der Waals surface area contributed by atoms with Crippen LogP contribution in [0.25, 0.3) is 21.6 Å². The van der Waals surface area contributed by atoms with E-state index in [1.165, 1.54) is 29.5 Å². The molecule has 0 bridgehead atoms. The van der Waals surface area contributed by atoms with Crippen molar-refractivity contribution in [3.05, 3.63) is 68.2 Å². The van der Waals surface area contributed by atoms with E-state index in [-0.39, 0.29) is 16.4 Å². The van der Waals surface area contributed by atoms with Gasteiger partial charge in [-0.25, -0.2) is 4.98 Å². The van der Waals surface area contributed by atoms with Gasteiger partial charge >= 0.3 is 0 Å². The summed E-state index contributed by atoms with van der Waals surface area (Å²) in [5.74, 6) is -0.414. The third-order valence-electron chi connectivity index (χ3n) is 4.39. The van der Waals surface area contributed by atoms with Crippen LogP contribution in [0.4, 0.5) is 11.4 Å². The van der Waals surface area contributed by atoms with E-state index in [2.05, 4.69) is 15.4 Å². The Hall–Kier alpha value is -3.30. The number of hydrogen-bond acceptors (Lipinski definition) is 6. The first-order valence-corrected chi connectivity index (χ1v) is 9.74. The van der Waals surface area contributed by atoms with Crippen LogP contribution < -0.4 is 5.32 Å². The fraction of sp³-hybridized carbons (Fsp3) is 0.105. The molecule has 0 fully saturated rings. The highest BCUT2D eigenvalue weighted by molar-refractivity contribution is 7.13. The van der Waals surface area contributed by atoms with Gasteiger partial charge in [0.2, 0.25) is 0 Å². The number of benzene rings is 1. The molecule has 1 aromatic carbocycles. The summed E-state index contributed by atoms with van der Waals surface area (Å²) in [5.41, 5.74) is 2.29. The van der Waals surface area contributed by atoms with Crippen molar-refractivity contribution in [3.8, 4) is 10.6 Å². The topological polar surface area (TPSA) is 103 Å². The molecule has 1 amide bonds.